The van der Waals surface area contributed by atoms with Crippen LogP contribution in [0.2, 0.25) is 0 Å². The minimum Gasteiger partial charge on any atom is -0.338 e. The zero-order chi connectivity index (χ0) is 14.8. The molecule has 108 valence electrons. The van der Waals surface area contributed by atoms with Crippen molar-refractivity contribution in [1.82, 2.24) is 14.9 Å². The largest absolute Gasteiger partial charge is 0.338 e. The van der Waals surface area contributed by atoms with Gasteiger partial charge in [0.25, 0.3) is 5.56 Å². The summed E-state index contributed by atoms with van der Waals surface area (Å²) in [5, 5.41) is 0. The Morgan fingerprint density at radius 3 is 2.90 bits per heavy atom. The molecule has 5 nitrogen and oxygen atoms in total. The van der Waals surface area contributed by atoms with Crippen molar-refractivity contribution in [3.8, 4) is 0 Å². The number of amides is 1. The van der Waals surface area contributed by atoms with E-state index in [9.17, 15) is 9.59 Å². The van der Waals surface area contributed by atoms with Gasteiger partial charge < -0.3 is 9.88 Å². The average molecular weight is 283 g/mol. The molecule has 0 fully saturated rings. The van der Waals surface area contributed by atoms with Crippen LogP contribution < -0.4 is 5.56 Å². The summed E-state index contributed by atoms with van der Waals surface area (Å²) in [5.74, 6) is 0.0192. The lowest BCUT2D eigenvalue weighted by Gasteiger charge is -2.29. The molecule has 1 amide bonds. The molecule has 0 spiro atoms. The van der Waals surface area contributed by atoms with E-state index in [-0.39, 0.29) is 17.9 Å². The second-order valence-electron chi connectivity index (χ2n) is 5.31. The van der Waals surface area contributed by atoms with E-state index in [0.29, 0.717) is 17.8 Å². The van der Waals surface area contributed by atoms with Gasteiger partial charge in [0.15, 0.2) is 0 Å². The molecule has 0 bridgehead atoms. The third-order valence-corrected chi connectivity index (χ3v) is 3.99. The summed E-state index contributed by atoms with van der Waals surface area (Å²) >= 11 is 0. The molecule has 1 aromatic carbocycles. The van der Waals surface area contributed by atoms with Gasteiger partial charge in [0.05, 0.1) is 18.4 Å². The van der Waals surface area contributed by atoms with E-state index in [1.807, 2.05) is 17.0 Å². The molecule has 0 aliphatic carbocycles. The normalized spacial score (nSPS) is 13.9. The monoisotopic (exact) mass is 283 g/mol. The maximum Gasteiger partial charge on any atom is 0.253 e. The van der Waals surface area contributed by atoms with Crippen molar-refractivity contribution in [2.24, 2.45) is 0 Å². The van der Waals surface area contributed by atoms with Crippen LogP contribution in [0, 0.1) is 6.92 Å². The van der Waals surface area contributed by atoms with Crippen molar-refractivity contribution in [3.63, 3.8) is 0 Å². The van der Waals surface area contributed by atoms with Crippen LogP contribution in [0.1, 0.15) is 22.4 Å². The first-order valence-corrected chi connectivity index (χ1v) is 7.03. The fourth-order valence-corrected chi connectivity index (χ4v) is 2.65. The molecule has 1 aliphatic rings. The van der Waals surface area contributed by atoms with Gasteiger partial charge in [-0.25, -0.2) is 4.98 Å². The topological polar surface area (TPSA) is 66.1 Å². The maximum atomic E-state index is 12.4. The first-order chi connectivity index (χ1) is 10.1. The zero-order valence-electron chi connectivity index (χ0n) is 11.9. The van der Waals surface area contributed by atoms with Crippen molar-refractivity contribution >= 4 is 5.91 Å². The number of aromatic nitrogens is 2. The van der Waals surface area contributed by atoms with Gasteiger partial charge in [-0.2, -0.15) is 0 Å². The Hall–Kier alpha value is -2.43. The summed E-state index contributed by atoms with van der Waals surface area (Å²) in [7, 11) is 0. The van der Waals surface area contributed by atoms with Gasteiger partial charge in [0.2, 0.25) is 5.91 Å². The molecular weight excluding hydrogens is 266 g/mol. The standard InChI is InChI=1S/C16H17N3O2/c1-11-14(17-10-18-16(11)21)8-15(20)19-7-6-12-4-2-3-5-13(12)9-19/h2-5,10H,6-9H2,1H3,(H,17,18,21). The molecular formula is C16H17N3O2. The van der Waals surface area contributed by atoms with Crippen molar-refractivity contribution in [1.29, 1.82) is 0 Å². The SMILES string of the molecule is Cc1c(CC(=O)N2CCc3ccccc3C2)nc[nH]c1=O. The lowest BCUT2D eigenvalue weighted by atomic mass is 9.99. The van der Waals surface area contributed by atoms with Crippen LogP contribution in [-0.2, 0) is 24.2 Å². The van der Waals surface area contributed by atoms with E-state index in [1.165, 1.54) is 17.5 Å². The number of nitrogens with zero attached hydrogens (tertiary/aromatic N) is 2. The van der Waals surface area contributed by atoms with Crippen molar-refractivity contribution in [3.05, 3.63) is 63.3 Å². The quantitative estimate of drug-likeness (QED) is 0.900. The predicted octanol–water partition coefficient (Wildman–Crippen LogP) is 1.21. The molecule has 5 heteroatoms. The Labute approximate surface area is 122 Å². The summed E-state index contributed by atoms with van der Waals surface area (Å²) < 4.78 is 0. The third kappa shape index (κ3) is 2.72. The Morgan fingerprint density at radius 1 is 1.33 bits per heavy atom. The summed E-state index contributed by atoms with van der Waals surface area (Å²) in [4.78, 5) is 32.4. The number of carbonyl (C=O) groups is 1. The molecule has 2 aromatic rings. The van der Waals surface area contributed by atoms with Crippen LogP contribution >= 0.6 is 0 Å². The zero-order valence-corrected chi connectivity index (χ0v) is 11.9. The number of rotatable bonds is 2. The highest BCUT2D eigenvalue weighted by atomic mass is 16.2. The summed E-state index contributed by atoms with van der Waals surface area (Å²) in [5.41, 5.74) is 3.40. The number of nitrogens with one attached hydrogen (secondary N) is 1. The number of hydrogen-bond acceptors (Lipinski definition) is 3. The number of fused-ring (bicyclic) bond motifs is 1. The van der Waals surface area contributed by atoms with Crippen LogP contribution in [0.3, 0.4) is 0 Å². The highest BCUT2D eigenvalue weighted by Gasteiger charge is 2.21. The predicted molar refractivity (Wildman–Crippen MR) is 78.9 cm³/mol. The maximum absolute atomic E-state index is 12.4. The van der Waals surface area contributed by atoms with Crippen molar-refractivity contribution in [2.45, 2.75) is 26.3 Å². The van der Waals surface area contributed by atoms with E-state index in [0.717, 1.165) is 13.0 Å². The lowest BCUT2D eigenvalue weighted by molar-refractivity contribution is -0.131. The van der Waals surface area contributed by atoms with Crippen molar-refractivity contribution in [2.75, 3.05) is 6.54 Å². The van der Waals surface area contributed by atoms with E-state index >= 15 is 0 Å². The molecule has 1 aliphatic heterocycles. The molecule has 1 aromatic heterocycles. The molecule has 0 saturated heterocycles. The first kappa shape index (κ1) is 13.5. The minimum absolute atomic E-state index is 0.0192. The fourth-order valence-electron chi connectivity index (χ4n) is 2.65. The van der Waals surface area contributed by atoms with E-state index in [1.54, 1.807) is 6.92 Å². The van der Waals surface area contributed by atoms with Crippen molar-refractivity contribution < 1.29 is 4.79 Å². The second kappa shape index (κ2) is 5.52. The summed E-state index contributed by atoms with van der Waals surface area (Å²) in [6, 6.07) is 8.19. The first-order valence-electron chi connectivity index (χ1n) is 7.03. The summed E-state index contributed by atoms with van der Waals surface area (Å²) in [6.45, 7) is 3.05. The number of hydrogen-bond donors (Lipinski definition) is 1. The van der Waals surface area contributed by atoms with Crippen LogP contribution in [0.25, 0.3) is 0 Å². The highest BCUT2D eigenvalue weighted by molar-refractivity contribution is 5.79. The van der Waals surface area contributed by atoms with Gasteiger partial charge in [-0.1, -0.05) is 24.3 Å². The summed E-state index contributed by atoms with van der Waals surface area (Å²) in [6.07, 6.45) is 2.41. The van der Waals surface area contributed by atoms with Gasteiger partial charge in [0.1, 0.15) is 0 Å². The van der Waals surface area contributed by atoms with E-state index in [4.69, 9.17) is 0 Å². The van der Waals surface area contributed by atoms with Gasteiger partial charge in [-0.05, 0) is 24.5 Å². The molecule has 0 atom stereocenters. The molecule has 2 heterocycles. The molecule has 21 heavy (non-hydrogen) atoms. The Kier molecular flexibility index (Phi) is 3.56. The molecule has 1 N–H and O–H groups in total. The van der Waals surface area contributed by atoms with Crippen LogP contribution in [0.5, 0.6) is 0 Å². The van der Waals surface area contributed by atoms with Crippen LogP contribution in [0.4, 0.5) is 0 Å². The Bertz CT molecular complexity index is 736. The van der Waals surface area contributed by atoms with Crippen LogP contribution in [-0.4, -0.2) is 27.3 Å². The van der Waals surface area contributed by atoms with E-state index < -0.39 is 0 Å². The number of benzene rings is 1. The molecule has 0 saturated carbocycles. The molecule has 3 rings (SSSR count). The Balaban J connectivity index is 1.75. The van der Waals surface area contributed by atoms with Gasteiger partial charge in [-0.15, -0.1) is 0 Å². The smallest absolute Gasteiger partial charge is 0.253 e. The third-order valence-electron chi connectivity index (χ3n) is 3.99. The van der Waals surface area contributed by atoms with Gasteiger partial charge in [-0.3, -0.25) is 9.59 Å². The van der Waals surface area contributed by atoms with Gasteiger partial charge >= 0.3 is 0 Å². The molecule has 0 radical (unpaired) electrons. The minimum atomic E-state index is -0.184. The number of H-pyrrole nitrogens is 1. The average Bonchev–Trinajstić information content (AvgIpc) is 2.51. The van der Waals surface area contributed by atoms with Gasteiger partial charge in [0, 0.05) is 18.7 Å². The van der Waals surface area contributed by atoms with E-state index in [2.05, 4.69) is 22.1 Å². The Morgan fingerprint density at radius 2 is 2.10 bits per heavy atom. The highest BCUT2D eigenvalue weighted by Crippen LogP contribution is 2.19. The number of carbonyl (C=O) groups excluding carboxylic acids is 1. The second-order valence-corrected chi connectivity index (χ2v) is 5.31. The molecule has 0 unspecified atom stereocenters. The lowest BCUT2D eigenvalue weighted by Crippen LogP contribution is -2.37. The fraction of sp³-hybridized carbons (Fsp3) is 0.312. The van der Waals surface area contributed by atoms with Crippen LogP contribution in [0.15, 0.2) is 35.4 Å². The number of aromatic amines is 1.